The predicted molar refractivity (Wildman–Crippen MR) is 177 cm³/mol. The van der Waals surface area contributed by atoms with Crippen molar-refractivity contribution in [3.63, 3.8) is 0 Å². The van der Waals surface area contributed by atoms with E-state index in [0.717, 1.165) is 24.3 Å². The van der Waals surface area contributed by atoms with E-state index in [-0.39, 0.29) is 92.5 Å². The third-order valence-corrected chi connectivity index (χ3v) is 5.84. The van der Waals surface area contributed by atoms with Crippen LogP contribution in [0.2, 0.25) is 0 Å². The molecule has 0 aromatic rings. The van der Waals surface area contributed by atoms with E-state index in [1.807, 2.05) is 0 Å². The summed E-state index contributed by atoms with van der Waals surface area (Å²) in [6.07, 6.45) is -3.84. The Balaban J connectivity index is 5.16. The first kappa shape index (κ1) is 48.4. The van der Waals surface area contributed by atoms with Crippen LogP contribution < -0.4 is 0 Å². The molecule has 19 nitrogen and oxygen atoms in total. The lowest BCUT2D eigenvalue weighted by molar-refractivity contribution is -0.148. The van der Waals surface area contributed by atoms with Gasteiger partial charge in [0, 0.05) is 24.3 Å². The monoisotopic (exact) mass is 752 g/mol. The van der Waals surface area contributed by atoms with E-state index in [0.29, 0.717) is 0 Å². The molecule has 0 saturated heterocycles. The van der Waals surface area contributed by atoms with Crippen LogP contribution in [-0.4, -0.2) is 185 Å². The first-order valence-electron chi connectivity index (χ1n) is 15.9. The van der Waals surface area contributed by atoms with Crippen molar-refractivity contribution in [2.45, 2.75) is 42.7 Å². The zero-order valence-corrected chi connectivity index (χ0v) is 29.0. The van der Waals surface area contributed by atoms with Crippen LogP contribution in [0.1, 0.15) is 0 Å². The van der Waals surface area contributed by atoms with Gasteiger partial charge in [0.2, 0.25) is 0 Å². The van der Waals surface area contributed by atoms with Crippen molar-refractivity contribution in [2.75, 3.05) is 92.5 Å². The average molecular weight is 753 g/mol. The van der Waals surface area contributed by atoms with Gasteiger partial charge in [-0.2, -0.15) is 0 Å². The Bertz CT molecular complexity index is 1050. The molecule has 0 saturated carbocycles. The molecule has 0 radical (unpaired) electrons. The molecule has 0 aliphatic rings. The van der Waals surface area contributed by atoms with Crippen molar-refractivity contribution in [3.05, 3.63) is 50.6 Å². The average Bonchev–Trinajstić information content (AvgIpc) is 3.14. The van der Waals surface area contributed by atoms with E-state index in [1.54, 1.807) is 0 Å². The third kappa shape index (κ3) is 28.0. The van der Waals surface area contributed by atoms with Crippen LogP contribution in [-0.2, 0) is 66.5 Å². The number of carbonyl (C=O) groups is 4. The van der Waals surface area contributed by atoms with E-state index in [1.165, 1.54) is 0 Å². The number of rotatable bonds is 34. The van der Waals surface area contributed by atoms with E-state index in [4.69, 9.17) is 47.4 Å². The zero-order chi connectivity index (χ0) is 39.1. The highest BCUT2D eigenvalue weighted by atomic mass is 16.6. The van der Waals surface area contributed by atoms with Gasteiger partial charge in [0.1, 0.15) is 69.2 Å². The van der Waals surface area contributed by atoms with Crippen molar-refractivity contribution < 1.29 is 92.1 Å². The van der Waals surface area contributed by atoms with Gasteiger partial charge in [0.25, 0.3) is 0 Å². The lowest BCUT2D eigenvalue weighted by Gasteiger charge is -2.24. The SMILES string of the molecule is C=CC(=O)OCC(O)COCC(O)COCC(COCC(COCC(O)COC(=O)C=C)OCC(O)COC(=O)C=C)OCC(O)COC(=O)C=C. The second-order valence-corrected chi connectivity index (χ2v) is 10.7. The van der Waals surface area contributed by atoms with Crippen molar-refractivity contribution in [1.29, 1.82) is 0 Å². The van der Waals surface area contributed by atoms with E-state index in [2.05, 4.69) is 26.3 Å². The minimum Gasteiger partial charge on any atom is -0.460 e. The summed E-state index contributed by atoms with van der Waals surface area (Å²) in [5, 5.41) is 50.3. The fourth-order valence-electron chi connectivity index (χ4n) is 3.31. The standard InChI is InChI=1S/C33H52O19/c1-5-30(39)49-15-24(35)11-43-9-23(34)10-44-19-28(47-13-26(37)17-51-32(41)7-3)21-46-22-29(48-14-27(38)18-52-33(42)8-4)20-45-12-25(36)16-50-31(40)6-2/h5-8,23-29,34-38H,1-4,9-22H2. The summed E-state index contributed by atoms with van der Waals surface area (Å²) in [5.74, 6) is -2.92. The highest BCUT2D eigenvalue weighted by molar-refractivity contribution is 5.82. The fourth-order valence-corrected chi connectivity index (χ4v) is 3.31. The number of hydrogen-bond acceptors (Lipinski definition) is 19. The first-order chi connectivity index (χ1) is 24.8. The molecule has 0 heterocycles. The highest BCUT2D eigenvalue weighted by Crippen LogP contribution is 2.05. The Hall–Kier alpha value is -3.60. The number of aliphatic hydroxyl groups is 5. The molecule has 298 valence electrons. The van der Waals surface area contributed by atoms with Gasteiger partial charge in [-0.25, -0.2) is 19.2 Å². The van der Waals surface area contributed by atoms with Crippen LogP contribution in [0.4, 0.5) is 0 Å². The van der Waals surface area contributed by atoms with Gasteiger partial charge < -0.3 is 72.9 Å². The molecule has 0 rings (SSSR count). The molecule has 52 heavy (non-hydrogen) atoms. The maximum atomic E-state index is 11.3. The predicted octanol–water partition coefficient (Wildman–Crippen LogP) is -2.46. The van der Waals surface area contributed by atoms with Crippen molar-refractivity contribution >= 4 is 23.9 Å². The van der Waals surface area contributed by atoms with Crippen LogP contribution >= 0.6 is 0 Å². The van der Waals surface area contributed by atoms with Gasteiger partial charge in [0.15, 0.2) is 0 Å². The Labute approximate surface area is 301 Å². The molecule has 19 heteroatoms. The third-order valence-electron chi connectivity index (χ3n) is 5.84. The summed E-state index contributed by atoms with van der Waals surface area (Å²) in [4.78, 5) is 44.9. The summed E-state index contributed by atoms with van der Waals surface area (Å²) in [6.45, 7) is 9.34. The maximum absolute atomic E-state index is 11.3. The molecular weight excluding hydrogens is 700 g/mol. The molecule has 0 spiro atoms. The van der Waals surface area contributed by atoms with Crippen LogP contribution in [0.5, 0.6) is 0 Å². The fraction of sp³-hybridized carbons (Fsp3) is 0.636. The Morgan fingerprint density at radius 1 is 0.365 bits per heavy atom. The Kier molecular flexibility index (Phi) is 28.8. The first-order valence-corrected chi connectivity index (χ1v) is 15.9. The number of carbonyl (C=O) groups excluding carboxylic acids is 4. The number of esters is 4. The Morgan fingerprint density at radius 2 is 0.577 bits per heavy atom. The zero-order valence-electron chi connectivity index (χ0n) is 29.0. The lowest BCUT2D eigenvalue weighted by atomic mass is 10.3. The summed E-state index contributed by atoms with van der Waals surface area (Å²) in [7, 11) is 0. The Morgan fingerprint density at radius 3 is 0.846 bits per heavy atom. The minimum atomic E-state index is -1.22. The molecule has 0 fully saturated rings. The van der Waals surface area contributed by atoms with Crippen molar-refractivity contribution in [3.8, 4) is 0 Å². The summed E-state index contributed by atoms with van der Waals surface area (Å²) in [5.41, 5.74) is 0. The molecule has 0 aromatic heterocycles. The molecule has 0 bridgehead atoms. The van der Waals surface area contributed by atoms with Crippen LogP contribution in [0, 0.1) is 0 Å². The molecule has 0 aliphatic heterocycles. The van der Waals surface area contributed by atoms with Gasteiger partial charge in [-0.15, -0.1) is 0 Å². The minimum absolute atomic E-state index is 0.165. The van der Waals surface area contributed by atoms with Crippen molar-refractivity contribution in [1.82, 2.24) is 0 Å². The van der Waals surface area contributed by atoms with Crippen LogP contribution in [0.25, 0.3) is 0 Å². The van der Waals surface area contributed by atoms with E-state index < -0.39 is 66.6 Å². The number of aliphatic hydroxyl groups excluding tert-OH is 5. The summed E-state index contributed by atoms with van der Waals surface area (Å²) in [6, 6.07) is 0. The van der Waals surface area contributed by atoms with Crippen molar-refractivity contribution in [2.24, 2.45) is 0 Å². The van der Waals surface area contributed by atoms with E-state index in [9.17, 15) is 44.7 Å². The summed E-state index contributed by atoms with van der Waals surface area (Å²) >= 11 is 0. The quantitative estimate of drug-likeness (QED) is 0.0259. The molecule has 5 N–H and O–H groups in total. The summed E-state index contributed by atoms with van der Waals surface area (Å²) < 4.78 is 52.3. The van der Waals surface area contributed by atoms with Crippen LogP contribution in [0.15, 0.2) is 50.6 Å². The maximum Gasteiger partial charge on any atom is 0.330 e. The van der Waals surface area contributed by atoms with Gasteiger partial charge in [-0.1, -0.05) is 26.3 Å². The molecule has 0 aromatic carbocycles. The van der Waals surface area contributed by atoms with Gasteiger partial charge >= 0.3 is 23.9 Å². The van der Waals surface area contributed by atoms with Gasteiger partial charge in [0.05, 0.1) is 66.1 Å². The highest BCUT2D eigenvalue weighted by Gasteiger charge is 2.20. The molecule has 7 unspecified atom stereocenters. The lowest BCUT2D eigenvalue weighted by Crippen LogP contribution is -2.36. The topological polar surface area (TPSA) is 262 Å². The largest absolute Gasteiger partial charge is 0.460 e. The second-order valence-electron chi connectivity index (χ2n) is 10.7. The molecule has 7 atom stereocenters. The smallest absolute Gasteiger partial charge is 0.330 e. The second kappa shape index (κ2) is 31.0. The number of ether oxygens (including phenoxy) is 10. The normalized spacial score (nSPS) is 15.1. The molecule has 0 aliphatic carbocycles. The van der Waals surface area contributed by atoms with Gasteiger partial charge in [-0.05, 0) is 0 Å². The molecule has 0 amide bonds. The van der Waals surface area contributed by atoms with E-state index >= 15 is 0 Å². The molecular formula is C33H52O19. The van der Waals surface area contributed by atoms with Gasteiger partial charge in [-0.3, -0.25) is 0 Å². The number of hydrogen-bond donors (Lipinski definition) is 5. The van der Waals surface area contributed by atoms with Crippen LogP contribution in [0.3, 0.4) is 0 Å².